The van der Waals surface area contributed by atoms with Crippen molar-refractivity contribution in [3.05, 3.63) is 107 Å². The number of nitrogens with two attached hydrogens (primary N) is 1. The molecule has 0 aromatic heterocycles. The van der Waals surface area contributed by atoms with Gasteiger partial charge in [-0.05, 0) is 47.7 Å². The summed E-state index contributed by atoms with van der Waals surface area (Å²) in [5.74, 6) is 3.04. The van der Waals surface area contributed by atoms with E-state index in [0.29, 0.717) is 11.3 Å². The second-order valence-corrected chi connectivity index (χ2v) is 8.60. The van der Waals surface area contributed by atoms with Crippen LogP contribution < -0.4 is 16.5 Å². The summed E-state index contributed by atoms with van der Waals surface area (Å²) in [6.07, 6.45) is 2.88. The summed E-state index contributed by atoms with van der Waals surface area (Å²) < 4.78 is 0. The van der Waals surface area contributed by atoms with Crippen LogP contribution in [0.1, 0.15) is 41.6 Å². The highest BCUT2D eigenvalue weighted by Gasteiger charge is 2.38. The maximum atomic E-state index is 13.4. The van der Waals surface area contributed by atoms with Crippen molar-refractivity contribution in [3.8, 4) is 0 Å². The number of amides is 3. The molecule has 0 spiro atoms. The molecule has 5 N–H and O–H groups in total. The SMILES string of the molecule is NOC(=Cc1cccc(NC(=O)NCC(=O)N2C(c3ccccc3)CCC2c2ccccc2)c1)C(=O)O. The van der Waals surface area contributed by atoms with Gasteiger partial charge in [-0.15, -0.1) is 0 Å². The maximum absolute atomic E-state index is 13.4. The quantitative estimate of drug-likeness (QED) is 0.208. The van der Waals surface area contributed by atoms with E-state index in [-0.39, 0.29) is 24.5 Å². The Morgan fingerprint density at radius 2 is 1.51 bits per heavy atom. The van der Waals surface area contributed by atoms with E-state index in [2.05, 4.69) is 15.5 Å². The summed E-state index contributed by atoms with van der Waals surface area (Å²) in [6, 6.07) is 25.6. The van der Waals surface area contributed by atoms with Crippen molar-refractivity contribution < 1.29 is 24.3 Å². The molecule has 0 saturated carbocycles. The van der Waals surface area contributed by atoms with Crippen LogP contribution in [0.5, 0.6) is 0 Å². The van der Waals surface area contributed by atoms with Gasteiger partial charge in [0.05, 0.1) is 18.6 Å². The van der Waals surface area contributed by atoms with Crippen LogP contribution in [0.3, 0.4) is 0 Å². The highest BCUT2D eigenvalue weighted by Crippen LogP contribution is 2.43. The number of carboxylic acid groups (broad SMARTS) is 1. The van der Waals surface area contributed by atoms with Crippen LogP contribution in [0.4, 0.5) is 10.5 Å². The van der Waals surface area contributed by atoms with Crippen LogP contribution in [-0.2, 0) is 14.4 Å². The normalized spacial score (nSPS) is 17.2. The van der Waals surface area contributed by atoms with Crippen molar-refractivity contribution in [3.63, 3.8) is 0 Å². The number of carbonyl (C=O) groups is 3. The Morgan fingerprint density at radius 1 is 0.919 bits per heavy atom. The number of hydrogen-bond donors (Lipinski definition) is 4. The molecule has 0 bridgehead atoms. The minimum Gasteiger partial charge on any atom is -0.475 e. The van der Waals surface area contributed by atoms with Crippen molar-refractivity contribution in [2.45, 2.75) is 24.9 Å². The highest BCUT2D eigenvalue weighted by molar-refractivity contribution is 5.93. The van der Waals surface area contributed by atoms with Crippen molar-refractivity contribution in [1.29, 1.82) is 0 Å². The molecule has 1 aliphatic rings. The van der Waals surface area contributed by atoms with E-state index in [9.17, 15) is 14.4 Å². The minimum absolute atomic E-state index is 0.0829. The summed E-state index contributed by atoms with van der Waals surface area (Å²) in [5, 5.41) is 14.4. The summed E-state index contributed by atoms with van der Waals surface area (Å²) in [4.78, 5) is 43.3. The second kappa shape index (κ2) is 11.9. The van der Waals surface area contributed by atoms with Gasteiger partial charge >= 0.3 is 12.0 Å². The van der Waals surface area contributed by atoms with Crippen LogP contribution in [0.2, 0.25) is 0 Å². The lowest BCUT2D eigenvalue weighted by molar-refractivity contribution is -0.136. The molecule has 0 radical (unpaired) electrons. The third kappa shape index (κ3) is 6.33. The number of nitrogens with zero attached hydrogens (tertiary/aromatic N) is 1. The molecule has 3 aromatic rings. The molecule has 9 heteroatoms. The molecule has 2 unspecified atom stereocenters. The average molecular weight is 501 g/mol. The topological polar surface area (TPSA) is 134 Å². The van der Waals surface area contributed by atoms with E-state index >= 15 is 0 Å². The number of carbonyl (C=O) groups excluding carboxylic acids is 2. The van der Waals surface area contributed by atoms with Gasteiger partial charge in [0.1, 0.15) is 0 Å². The molecule has 3 aromatic carbocycles. The van der Waals surface area contributed by atoms with E-state index in [1.807, 2.05) is 65.6 Å². The smallest absolute Gasteiger partial charge is 0.373 e. The fourth-order valence-corrected chi connectivity index (χ4v) is 4.59. The first-order valence-electron chi connectivity index (χ1n) is 11.8. The summed E-state index contributed by atoms with van der Waals surface area (Å²) in [6.45, 7) is -0.178. The summed E-state index contributed by atoms with van der Waals surface area (Å²) >= 11 is 0. The van der Waals surface area contributed by atoms with E-state index in [1.165, 1.54) is 6.08 Å². The van der Waals surface area contributed by atoms with Crippen molar-refractivity contribution in [2.24, 2.45) is 5.90 Å². The number of carboxylic acids is 1. The number of rotatable bonds is 8. The lowest BCUT2D eigenvalue weighted by Gasteiger charge is -2.31. The third-order valence-corrected chi connectivity index (χ3v) is 6.22. The molecule has 9 nitrogen and oxygen atoms in total. The Labute approximate surface area is 214 Å². The molecular formula is C28H28N4O5. The first-order valence-corrected chi connectivity index (χ1v) is 11.8. The van der Waals surface area contributed by atoms with Gasteiger partial charge in [0.2, 0.25) is 11.7 Å². The van der Waals surface area contributed by atoms with Gasteiger partial charge in [-0.25, -0.2) is 9.59 Å². The van der Waals surface area contributed by atoms with E-state index in [1.54, 1.807) is 24.3 Å². The molecule has 2 atom stereocenters. The van der Waals surface area contributed by atoms with Gasteiger partial charge in [-0.3, -0.25) is 4.79 Å². The molecule has 1 aliphatic heterocycles. The van der Waals surface area contributed by atoms with E-state index in [4.69, 9.17) is 11.0 Å². The number of hydrogen-bond acceptors (Lipinski definition) is 5. The molecule has 1 fully saturated rings. The summed E-state index contributed by atoms with van der Waals surface area (Å²) in [5.41, 5.74) is 2.99. The fourth-order valence-electron chi connectivity index (χ4n) is 4.59. The van der Waals surface area contributed by atoms with E-state index in [0.717, 1.165) is 24.0 Å². The predicted molar refractivity (Wildman–Crippen MR) is 139 cm³/mol. The zero-order valence-electron chi connectivity index (χ0n) is 20.0. The Bertz CT molecular complexity index is 1230. The number of aliphatic carboxylic acids is 1. The zero-order chi connectivity index (χ0) is 26.2. The van der Waals surface area contributed by atoms with Crippen LogP contribution in [0, 0.1) is 0 Å². The molecular weight excluding hydrogens is 472 g/mol. The molecule has 190 valence electrons. The first kappa shape index (κ1) is 25.5. The van der Waals surface area contributed by atoms with Gasteiger partial charge < -0.3 is 25.5 Å². The predicted octanol–water partition coefficient (Wildman–Crippen LogP) is 4.23. The molecule has 0 aliphatic carbocycles. The fraction of sp³-hybridized carbons (Fsp3) is 0.179. The van der Waals surface area contributed by atoms with Crippen molar-refractivity contribution >= 4 is 29.7 Å². The van der Waals surface area contributed by atoms with Crippen LogP contribution >= 0.6 is 0 Å². The minimum atomic E-state index is -1.32. The van der Waals surface area contributed by atoms with Crippen LogP contribution in [0.15, 0.2) is 90.7 Å². The Hall–Kier alpha value is -4.63. The van der Waals surface area contributed by atoms with E-state index < -0.39 is 17.8 Å². The molecule has 3 amide bonds. The number of anilines is 1. The lowest BCUT2D eigenvalue weighted by Crippen LogP contribution is -2.42. The largest absolute Gasteiger partial charge is 0.475 e. The molecule has 1 saturated heterocycles. The zero-order valence-corrected chi connectivity index (χ0v) is 20.0. The number of urea groups is 1. The first-order chi connectivity index (χ1) is 18.0. The number of benzene rings is 3. The standard InChI is InChI=1S/C28H28N4O5/c29-37-25(27(34)35)17-19-8-7-13-22(16-19)31-28(36)30-18-26(33)32-23(20-9-3-1-4-10-20)14-15-24(32)21-11-5-2-6-12-21/h1-13,16-17,23-24H,14-15,18,29H2,(H,34,35)(H2,30,31,36). The maximum Gasteiger partial charge on any atom is 0.373 e. The van der Waals surface area contributed by atoms with Gasteiger partial charge in [0.25, 0.3) is 0 Å². The monoisotopic (exact) mass is 500 g/mol. The van der Waals surface area contributed by atoms with Crippen molar-refractivity contribution in [2.75, 3.05) is 11.9 Å². The molecule has 1 heterocycles. The number of nitrogens with one attached hydrogen (secondary N) is 2. The van der Waals surface area contributed by atoms with Gasteiger partial charge in [0.15, 0.2) is 0 Å². The Balaban J connectivity index is 1.44. The second-order valence-electron chi connectivity index (χ2n) is 8.60. The third-order valence-electron chi connectivity index (χ3n) is 6.22. The molecule has 4 rings (SSSR count). The van der Waals surface area contributed by atoms with Crippen molar-refractivity contribution in [1.82, 2.24) is 10.2 Å². The lowest BCUT2D eigenvalue weighted by atomic mass is 10.0. The Morgan fingerprint density at radius 3 is 2.05 bits per heavy atom. The van der Waals surface area contributed by atoms with Gasteiger partial charge in [-0.1, -0.05) is 72.8 Å². The van der Waals surface area contributed by atoms with Gasteiger partial charge in [0, 0.05) is 5.69 Å². The molecule has 37 heavy (non-hydrogen) atoms. The average Bonchev–Trinajstić information content (AvgIpc) is 3.37. The summed E-state index contributed by atoms with van der Waals surface area (Å²) in [7, 11) is 0. The van der Waals surface area contributed by atoms with Crippen LogP contribution in [0.25, 0.3) is 6.08 Å². The Kier molecular flexibility index (Phi) is 8.17. The number of likely N-dealkylation sites (tertiary alicyclic amines) is 1. The van der Waals surface area contributed by atoms with Crippen LogP contribution in [-0.4, -0.2) is 34.5 Å². The van der Waals surface area contributed by atoms with Gasteiger partial charge in [-0.2, -0.15) is 5.90 Å². The highest BCUT2D eigenvalue weighted by atomic mass is 16.6.